The standard InChI is InChI=1S/C26H32F3N7O3/c1-4-25(2,3)17-30-24(38)21-16-36(35-33-21)13-6-5-9-19-11-12-22(34-32-19)31-23(37)15-18-8-7-10-20(14-18)39-26(27,28)29/h7-8,10-12,14,16H,4-6,9,13,15,17H2,1-3H3,(H,30,38)(H,31,34,37). The molecule has 3 aromatic rings. The number of amides is 2. The minimum atomic E-state index is -4.80. The molecule has 0 atom stereocenters. The summed E-state index contributed by atoms with van der Waals surface area (Å²) in [7, 11) is 0. The largest absolute Gasteiger partial charge is 0.573 e. The smallest absolute Gasteiger partial charge is 0.406 e. The highest BCUT2D eigenvalue weighted by molar-refractivity contribution is 5.92. The Morgan fingerprint density at radius 1 is 1.05 bits per heavy atom. The molecular weight excluding hydrogens is 515 g/mol. The summed E-state index contributed by atoms with van der Waals surface area (Å²) in [6, 6.07) is 8.59. The zero-order chi connectivity index (χ0) is 28.5. The maximum absolute atomic E-state index is 12.4. The molecule has 0 bridgehead atoms. The van der Waals surface area contributed by atoms with Crippen LogP contribution in [0.1, 0.15) is 61.8 Å². The quantitative estimate of drug-likeness (QED) is 0.305. The third-order valence-electron chi connectivity index (χ3n) is 6.01. The van der Waals surface area contributed by atoms with Gasteiger partial charge in [-0.3, -0.25) is 14.3 Å². The minimum absolute atomic E-state index is 0.0170. The van der Waals surface area contributed by atoms with Crippen molar-refractivity contribution in [1.29, 1.82) is 0 Å². The molecule has 2 amide bonds. The fourth-order valence-corrected chi connectivity index (χ4v) is 3.41. The average molecular weight is 548 g/mol. The van der Waals surface area contributed by atoms with Crippen molar-refractivity contribution in [3.63, 3.8) is 0 Å². The van der Waals surface area contributed by atoms with E-state index in [1.807, 2.05) is 0 Å². The number of alkyl halides is 3. The van der Waals surface area contributed by atoms with Crippen LogP contribution in [0.2, 0.25) is 0 Å². The fourth-order valence-electron chi connectivity index (χ4n) is 3.41. The first-order valence-electron chi connectivity index (χ1n) is 12.6. The van der Waals surface area contributed by atoms with Crippen molar-refractivity contribution >= 4 is 17.6 Å². The lowest BCUT2D eigenvalue weighted by Gasteiger charge is -2.22. The highest BCUT2D eigenvalue weighted by Gasteiger charge is 2.31. The van der Waals surface area contributed by atoms with Gasteiger partial charge in [0.25, 0.3) is 5.91 Å². The molecule has 2 heterocycles. The second-order valence-electron chi connectivity index (χ2n) is 9.85. The van der Waals surface area contributed by atoms with Crippen LogP contribution in [0, 0.1) is 5.41 Å². The first-order valence-corrected chi connectivity index (χ1v) is 12.6. The molecule has 2 aromatic heterocycles. The van der Waals surface area contributed by atoms with Gasteiger partial charge < -0.3 is 15.4 Å². The van der Waals surface area contributed by atoms with Crippen molar-refractivity contribution in [2.45, 2.75) is 65.8 Å². The molecule has 39 heavy (non-hydrogen) atoms. The molecule has 0 aliphatic carbocycles. The van der Waals surface area contributed by atoms with Gasteiger partial charge in [0.15, 0.2) is 11.5 Å². The molecule has 0 saturated carbocycles. The molecule has 0 aliphatic rings. The number of ether oxygens (including phenoxy) is 1. The lowest BCUT2D eigenvalue weighted by atomic mass is 9.90. The molecule has 0 unspecified atom stereocenters. The topological polar surface area (TPSA) is 124 Å². The third-order valence-corrected chi connectivity index (χ3v) is 6.01. The number of aryl methyl sites for hydroxylation is 2. The predicted octanol–water partition coefficient (Wildman–Crippen LogP) is 4.34. The van der Waals surface area contributed by atoms with E-state index in [0.29, 0.717) is 25.1 Å². The summed E-state index contributed by atoms with van der Waals surface area (Å²) in [5.41, 5.74) is 1.40. The second kappa shape index (κ2) is 13.2. The summed E-state index contributed by atoms with van der Waals surface area (Å²) in [5.74, 6) is -0.842. The van der Waals surface area contributed by atoms with Gasteiger partial charge in [-0.05, 0) is 60.9 Å². The number of halogens is 3. The molecule has 0 radical (unpaired) electrons. The van der Waals surface area contributed by atoms with Crippen LogP contribution in [-0.4, -0.2) is 49.9 Å². The second-order valence-corrected chi connectivity index (χ2v) is 9.85. The van der Waals surface area contributed by atoms with Crippen molar-refractivity contribution in [3.05, 3.63) is 59.5 Å². The van der Waals surface area contributed by atoms with Gasteiger partial charge in [0.1, 0.15) is 5.75 Å². The first-order chi connectivity index (χ1) is 18.4. The number of nitrogens with one attached hydrogen (secondary N) is 2. The molecule has 0 spiro atoms. The summed E-state index contributed by atoms with van der Waals surface area (Å²) < 4.78 is 42.7. The Bertz CT molecular complexity index is 1240. The normalized spacial score (nSPS) is 11.7. The highest BCUT2D eigenvalue weighted by Crippen LogP contribution is 2.23. The Labute approximate surface area is 224 Å². The zero-order valence-electron chi connectivity index (χ0n) is 22.1. The Morgan fingerprint density at radius 2 is 1.85 bits per heavy atom. The van der Waals surface area contributed by atoms with Gasteiger partial charge in [-0.1, -0.05) is 38.1 Å². The van der Waals surface area contributed by atoms with Gasteiger partial charge in [-0.2, -0.15) is 5.10 Å². The van der Waals surface area contributed by atoms with Crippen LogP contribution in [-0.2, 0) is 24.2 Å². The highest BCUT2D eigenvalue weighted by atomic mass is 19.4. The van der Waals surface area contributed by atoms with Crippen LogP contribution in [0.5, 0.6) is 5.75 Å². The van der Waals surface area contributed by atoms with E-state index in [2.05, 4.69) is 56.7 Å². The molecule has 1 aromatic carbocycles. The number of aromatic nitrogens is 5. The summed E-state index contributed by atoms with van der Waals surface area (Å²) >= 11 is 0. The molecule has 210 valence electrons. The number of hydrogen-bond acceptors (Lipinski definition) is 7. The SMILES string of the molecule is CCC(C)(C)CNC(=O)c1cn(CCCCc2ccc(NC(=O)Cc3cccc(OC(F)(F)F)c3)nn2)nn1. The van der Waals surface area contributed by atoms with Gasteiger partial charge in [-0.15, -0.1) is 23.4 Å². The van der Waals surface area contributed by atoms with Crippen LogP contribution in [0.3, 0.4) is 0 Å². The van der Waals surface area contributed by atoms with Crippen LogP contribution in [0.4, 0.5) is 19.0 Å². The number of anilines is 1. The lowest BCUT2D eigenvalue weighted by molar-refractivity contribution is -0.274. The summed E-state index contributed by atoms with van der Waals surface area (Å²) in [6.07, 6.45) is -0.147. The number of carbonyl (C=O) groups excluding carboxylic acids is 2. The molecule has 10 nitrogen and oxygen atoms in total. The number of rotatable bonds is 13. The van der Waals surface area contributed by atoms with E-state index in [0.717, 1.165) is 37.1 Å². The van der Waals surface area contributed by atoms with E-state index in [9.17, 15) is 22.8 Å². The van der Waals surface area contributed by atoms with Gasteiger partial charge in [0.05, 0.1) is 18.3 Å². The molecule has 0 fully saturated rings. The molecule has 0 aliphatic heterocycles. The van der Waals surface area contributed by atoms with Gasteiger partial charge in [0.2, 0.25) is 5.91 Å². The van der Waals surface area contributed by atoms with Crippen LogP contribution >= 0.6 is 0 Å². The van der Waals surface area contributed by atoms with Gasteiger partial charge >= 0.3 is 6.36 Å². The number of benzene rings is 1. The van der Waals surface area contributed by atoms with E-state index in [1.165, 1.54) is 12.1 Å². The van der Waals surface area contributed by atoms with Gasteiger partial charge in [0, 0.05) is 13.1 Å². The lowest BCUT2D eigenvalue weighted by Crippen LogP contribution is -2.33. The number of carbonyl (C=O) groups is 2. The van der Waals surface area contributed by atoms with E-state index < -0.39 is 18.0 Å². The first kappa shape index (κ1) is 29.5. The maximum atomic E-state index is 12.4. The molecular formula is C26H32F3N7O3. The minimum Gasteiger partial charge on any atom is -0.406 e. The Hall–Kier alpha value is -4.03. The summed E-state index contributed by atoms with van der Waals surface area (Å²) in [6.45, 7) is 7.41. The van der Waals surface area contributed by atoms with Crippen LogP contribution in [0.15, 0.2) is 42.6 Å². The van der Waals surface area contributed by atoms with E-state index in [-0.39, 0.29) is 29.3 Å². The monoisotopic (exact) mass is 547 g/mol. The van der Waals surface area contributed by atoms with Gasteiger partial charge in [-0.25, -0.2) is 0 Å². The molecule has 2 N–H and O–H groups in total. The van der Waals surface area contributed by atoms with E-state index >= 15 is 0 Å². The number of nitrogens with zero attached hydrogens (tertiary/aromatic N) is 5. The maximum Gasteiger partial charge on any atom is 0.573 e. The van der Waals surface area contributed by atoms with Crippen molar-refractivity contribution in [2.24, 2.45) is 5.41 Å². The van der Waals surface area contributed by atoms with Crippen molar-refractivity contribution in [3.8, 4) is 5.75 Å². The molecule has 0 saturated heterocycles. The van der Waals surface area contributed by atoms with E-state index in [1.54, 1.807) is 23.0 Å². The molecule has 13 heteroatoms. The number of unbranched alkanes of at least 4 members (excludes halogenated alkanes) is 1. The zero-order valence-corrected chi connectivity index (χ0v) is 22.1. The predicted molar refractivity (Wildman–Crippen MR) is 137 cm³/mol. The third kappa shape index (κ3) is 10.3. The molecule has 3 rings (SSSR count). The van der Waals surface area contributed by atoms with Crippen LogP contribution in [0.25, 0.3) is 0 Å². The Balaban J connectivity index is 1.39. The Kier molecular flexibility index (Phi) is 9.96. The average Bonchev–Trinajstić information content (AvgIpc) is 3.34. The Morgan fingerprint density at radius 3 is 2.54 bits per heavy atom. The van der Waals surface area contributed by atoms with E-state index in [4.69, 9.17) is 0 Å². The number of hydrogen-bond donors (Lipinski definition) is 2. The summed E-state index contributed by atoms with van der Waals surface area (Å²) in [5, 5.41) is 21.6. The van der Waals surface area contributed by atoms with Crippen molar-refractivity contribution in [1.82, 2.24) is 30.5 Å². The van der Waals surface area contributed by atoms with Crippen molar-refractivity contribution in [2.75, 3.05) is 11.9 Å². The summed E-state index contributed by atoms with van der Waals surface area (Å²) in [4.78, 5) is 24.5. The van der Waals surface area contributed by atoms with Crippen LogP contribution < -0.4 is 15.4 Å². The fraction of sp³-hybridized carbons (Fsp3) is 0.462. The van der Waals surface area contributed by atoms with Crippen molar-refractivity contribution < 1.29 is 27.5 Å².